The second-order valence-electron chi connectivity index (χ2n) is 9.02. The van der Waals surface area contributed by atoms with Gasteiger partial charge in [0.15, 0.2) is 0 Å². The van der Waals surface area contributed by atoms with E-state index in [-0.39, 0.29) is 17.6 Å². The van der Waals surface area contributed by atoms with Crippen LogP contribution in [-0.4, -0.2) is 57.8 Å². The van der Waals surface area contributed by atoms with Crippen molar-refractivity contribution in [2.75, 3.05) is 42.8 Å². The number of thiophene rings is 1. The first-order valence-electron chi connectivity index (χ1n) is 11.8. The molecule has 1 aliphatic carbocycles. The Balaban J connectivity index is 1.43. The first kappa shape index (κ1) is 23.5. The fourth-order valence-electron chi connectivity index (χ4n) is 4.48. The second-order valence-corrected chi connectivity index (χ2v) is 12.1. The second kappa shape index (κ2) is 10.1. The van der Waals surface area contributed by atoms with E-state index in [2.05, 4.69) is 17.0 Å². The zero-order valence-electron chi connectivity index (χ0n) is 19.1. The van der Waals surface area contributed by atoms with Crippen LogP contribution >= 0.6 is 11.3 Å². The molecule has 1 saturated carbocycles. The summed E-state index contributed by atoms with van der Waals surface area (Å²) in [5.41, 5.74) is 1.06. The molecule has 176 valence electrons. The highest BCUT2D eigenvalue weighted by atomic mass is 32.2. The number of fused-ring (bicyclic) bond motifs is 1. The average molecular weight is 479 g/mol. The lowest BCUT2D eigenvalue weighted by molar-refractivity contribution is -0.149. The minimum atomic E-state index is -3.44. The Bertz CT molecular complexity index is 1040. The molecule has 1 aliphatic heterocycles. The van der Waals surface area contributed by atoms with Gasteiger partial charge in [0.1, 0.15) is 5.00 Å². The zero-order chi connectivity index (χ0) is 22.7. The van der Waals surface area contributed by atoms with Gasteiger partial charge in [-0.3, -0.25) is 9.10 Å². The standard InChI is InChI=1S/C24H34N2O4S2/c1-3-30-24(27)20-11-13-25(14-12-20)16-17-32(28,29)26(15-10-19-8-9-19)23-18(2)21-6-4-5-7-22(21)31-23/h4-7,19-20H,3,8-17H2,1-2H3. The summed E-state index contributed by atoms with van der Waals surface area (Å²) in [7, 11) is -3.44. The highest BCUT2D eigenvalue weighted by molar-refractivity contribution is 7.93. The Morgan fingerprint density at radius 1 is 1.19 bits per heavy atom. The molecule has 0 spiro atoms. The minimum absolute atomic E-state index is 0.0564. The average Bonchev–Trinajstić information content (AvgIpc) is 3.56. The molecule has 0 amide bonds. The number of nitrogens with zero attached hydrogens (tertiary/aromatic N) is 2. The molecule has 0 bridgehead atoms. The van der Waals surface area contributed by atoms with Gasteiger partial charge in [-0.25, -0.2) is 8.42 Å². The van der Waals surface area contributed by atoms with Crippen LogP contribution in [0.1, 0.15) is 44.6 Å². The van der Waals surface area contributed by atoms with Crippen molar-refractivity contribution in [3.63, 3.8) is 0 Å². The maximum Gasteiger partial charge on any atom is 0.309 e. The van der Waals surface area contributed by atoms with Crippen molar-refractivity contribution in [2.24, 2.45) is 11.8 Å². The third kappa shape index (κ3) is 5.46. The summed E-state index contributed by atoms with van der Waals surface area (Å²) in [6.07, 6.45) is 4.83. The van der Waals surface area contributed by atoms with Crippen molar-refractivity contribution in [1.29, 1.82) is 0 Å². The number of piperidine rings is 1. The van der Waals surface area contributed by atoms with Gasteiger partial charge in [-0.2, -0.15) is 0 Å². The monoisotopic (exact) mass is 478 g/mol. The number of aryl methyl sites for hydroxylation is 1. The molecule has 2 heterocycles. The van der Waals surface area contributed by atoms with Gasteiger partial charge in [0, 0.05) is 17.8 Å². The smallest absolute Gasteiger partial charge is 0.309 e. The molecule has 8 heteroatoms. The van der Waals surface area contributed by atoms with Gasteiger partial charge >= 0.3 is 5.97 Å². The molecule has 6 nitrogen and oxygen atoms in total. The van der Waals surface area contributed by atoms with Crippen LogP contribution in [0.25, 0.3) is 10.1 Å². The predicted octanol–water partition coefficient (Wildman–Crippen LogP) is 4.42. The van der Waals surface area contributed by atoms with E-state index in [1.165, 1.54) is 12.8 Å². The fourth-order valence-corrected chi connectivity index (χ4v) is 7.56. The Labute approximate surface area is 195 Å². The quantitative estimate of drug-likeness (QED) is 0.473. The van der Waals surface area contributed by atoms with Gasteiger partial charge in [-0.15, -0.1) is 11.3 Å². The largest absolute Gasteiger partial charge is 0.466 e. The molecule has 0 unspecified atom stereocenters. The molecule has 2 fully saturated rings. The number of anilines is 1. The molecule has 1 aromatic carbocycles. The number of hydrogen-bond acceptors (Lipinski definition) is 6. The van der Waals surface area contributed by atoms with Crippen LogP contribution in [0.15, 0.2) is 24.3 Å². The summed E-state index contributed by atoms with van der Waals surface area (Å²) in [6, 6.07) is 8.15. The number of likely N-dealkylation sites (tertiary alicyclic amines) is 1. The van der Waals surface area contributed by atoms with Crippen molar-refractivity contribution in [2.45, 2.75) is 46.0 Å². The Morgan fingerprint density at radius 2 is 1.91 bits per heavy atom. The molecule has 1 aromatic heterocycles. The van der Waals surface area contributed by atoms with Crippen molar-refractivity contribution in [3.8, 4) is 0 Å². The van der Waals surface area contributed by atoms with Gasteiger partial charge in [0.05, 0.1) is 18.3 Å². The number of rotatable bonds is 10. The lowest BCUT2D eigenvalue weighted by atomic mass is 9.97. The summed E-state index contributed by atoms with van der Waals surface area (Å²) in [6.45, 7) is 6.81. The van der Waals surface area contributed by atoms with Crippen LogP contribution in [0, 0.1) is 18.8 Å². The van der Waals surface area contributed by atoms with Crippen molar-refractivity contribution >= 4 is 42.4 Å². The zero-order valence-corrected chi connectivity index (χ0v) is 20.7. The fraction of sp³-hybridized carbons (Fsp3) is 0.625. The highest BCUT2D eigenvalue weighted by Gasteiger charge is 2.31. The molecular formula is C24H34N2O4S2. The van der Waals surface area contributed by atoms with Gasteiger partial charge in [-0.05, 0) is 69.1 Å². The van der Waals surface area contributed by atoms with Crippen molar-refractivity contribution in [1.82, 2.24) is 4.90 Å². The topological polar surface area (TPSA) is 66.9 Å². The third-order valence-corrected chi connectivity index (χ3v) is 9.84. The van der Waals surface area contributed by atoms with Gasteiger partial charge in [-0.1, -0.05) is 31.0 Å². The van der Waals surface area contributed by atoms with Gasteiger partial charge in [0.25, 0.3) is 0 Å². The van der Waals surface area contributed by atoms with Crippen LogP contribution in [0.3, 0.4) is 0 Å². The highest BCUT2D eigenvalue weighted by Crippen LogP contribution is 2.40. The Hall–Kier alpha value is -1.64. The number of hydrogen-bond donors (Lipinski definition) is 0. The van der Waals surface area contributed by atoms with Crippen molar-refractivity contribution in [3.05, 3.63) is 29.8 Å². The number of esters is 1. The molecule has 0 radical (unpaired) electrons. The Morgan fingerprint density at radius 3 is 2.56 bits per heavy atom. The number of carbonyl (C=O) groups excluding carboxylic acids is 1. The molecule has 0 atom stereocenters. The van der Waals surface area contributed by atoms with Crippen LogP contribution in [0.4, 0.5) is 5.00 Å². The SMILES string of the molecule is CCOC(=O)C1CCN(CCS(=O)(=O)N(CCC2CC2)c2sc3ccccc3c2C)CC1. The first-order valence-corrected chi connectivity index (χ1v) is 14.2. The first-order chi connectivity index (χ1) is 15.4. The van der Waals surface area contributed by atoms with Crippen molar-refractivity contribution < 1.29 is 17.9 Å². The third-order valence-electron chi connectivity index (χ3n) is 6.69. The number of ether oxygens (including phenoxy) is 1. The summed E-state index contributed by atoms with van der Waals surface area (Å²) < 4.78 is 35.0. The van der Waals surface area contributed by atoms with E-state index in [0.29, 0.717) is 25.6 Å². The number of sulfonamides is 1. The Kier molecular flexibility index (Phi) is 7.42. The van der Waals surface area contributed by atoms with E-state index in [1.54, 1.807) is 15.6 Å². The van der Waals surface area contributed by atoms with E-state index < -0.39 is 10.0 Å². The van der Waals surface area contributed by atoms with Crippen LogP contribution in [0.2, 0.25) is 0 Å². The molecule has 2 aromatic rings. The van der Waals surface area contributed by atoms with E-state index >= 15 is 0 Å². The van der Waals surface area contributed by atoms with Gasteiger partial charge in [0.2, 0.25) is 10.0 Å². The summed E-state index contributed by atoms with van der Waals surface area (Å²) >= 11 is 1.58. The lowest BCUT2D eigenvalue weighted by Crippen LogP contribution is -2.42. The molecule has 32 heavy (non-hydrogen) atoms. The molecule has 2 aliphatic rings. The molecule has 4 rings (SSSR count). The van der Waals surface area contributed by atoms with E-state index in [9.17, 15) is 13.2 Å². The normalized spacial score (nSPS) is 18.2. The summed E-state index contributed by atoms with van der Waals surface area (Å²) in [5, 5.41) is 2.01. The van der Waals surface area contributed by atoms with Gasteiger partial charge < -0.3 is 9.64 Å². The number of benzene rings is 1. The van der Waals surface area contributed by atoms with E-state index in [4.69, 9.17) is 4.74 Å². The minimum Gasteiger partial charge on any atom is -0.466 e. The summed E-state index contributed by atoms with van der Waals surface area (Å²) in [4.78, 5) is 14.1. The van der Waals surface area contributed by atoms with Crippen LogP contribution in [-0.2, 0) is 19.6 Å². The molecular weight excluding hydrogens is 444 g/mol. The maximum absolute atomic E-state index is 13.5. The summed E-state index contributed by atoms with van der Waals surface area (Å²) in [5.74, 6) is 0.602. The van der Waals surface area contributed by atoms with E-state index in [1.807, 2.05) is 26.0 Å². The maximum atomic E-state index is 13.5. The van der Waals surface area contributed by atoms with E-state index in [0.717, 1.165) is 53.0 Å². The van der Waals surface area contributed by atoms with Crippen LogP contribution in [0.5, 0.6) is 0 Å². The lowest BCUT2D eigenvalue weighted by Gasteiger charge is -2.31. The molecule has 0 N–H and O–H groups in total. The number of carbonyl (C=O) groups is 1. The predicted molar refractivity (Wildman–Crippen MR) is 131 cm³/mol. The molecule has 1 saturated heterocycles. The van der Waals surface area contributed by atoms with Crippen LogP contribution < -0.4 is 4.31 Å².